The maximum atomic E-state index is 12.1. The Hall–Kier alpha value is -0.530. The highest BCUT2D eigenvalue weighted by Gasteiger charge is 2.04. The van der Waals surface area contributed by atoms with Gasteiger partial charge in [-0.3, -0.25) is 4.79 Å². The summed E-state index contributed by atoms with van der Waals surface area (Å²) in [7, 11) is 0. The lowest BCUT2D eigenvalue weighted by Crippen LogP contribution is -2.05. The number of hydrogen-bond acceptors (Lipinski definition) is 2. The number of esters is 1. The number of carbonyl (C=O) groups excluding carboxylic acids is 1. The Morgan fingerprint density at radius 2 is 0.333 bits per heavy atom. The first-order chi connectivity index (χ1) is 32.8. The molecule has 0 radical (unpaired) electrons. The number of hydrogen-bond donors (Lipinski definition) is 0. The van der Waals surface area contributed by atoms with Crippen molar-refractivity contribution in [2.75, 3.05) is 6.61 Å². The van der Waals surface area contributed by atoms with E-state index in [4.69, 9.17) is 4.74 Å². The maximum absolute atomic E-state index is 12.1. The molecule has 0 saturated heterocycles. The third kappa shape index (κ3) is 61.5. The number of rotatable bonds is 61. The van der Waals surface area contributed by atoms with Gasteiger partial charge in [-0.05, 0) is 12.8 Å². The van der Waals surface area contributed by atoms with Crippen molar-refractivity contribution >= 4 is 5.97 Å². The fourth-order valence-electron chi connectivity index (χ4n) is 10.5. The predicted octanol–water partition coefficient (Wildman–Crippen LogP) is 24.0. The molecule has 396 valence electrons. The van der Waals surface area contributed by atoms with Gasteiger partial charge in [-0.15, -0.1) is 0 Å². The Bertz CT molecular complexity index is 837. The zero-order valence-corrected chi connectivity index (χ0v) is 46.5. The number of ether oxygens (including phenoxy) is 1. The molecule has 0 fully saturated rings. The van der Waals surface area contributed by atoms with E-state index in [9.17, 15) is 4.79 Å². The van der Waals surface area contributed by atoms with Gasteiger partial charge in [0.05, 0.1) is 6.61 Å². The van der Waals surface area contributed by atoms with E-state index in [1.54, 1.807) is 0 Å². The van der Waals surface area contributed by atoms with E-state index in [0.29, 0.717) is 13.0 Å². The molecule has 0 heterocycles. The monoisotopic (exact) mass is 929 g/mol. The number of unbranched alkanes of at least 4 members (excludes halogenated alkanes) is 57. The molecule has 0 atom stereocenters. The molecule has 0 bridgehead atoms. The van der Waals surface area contributed by atoms with Crippen LogP contribution in [0.3, 0.4) is 0 Å². The maximum Gasteiger partial charge on any atom is 0.305 e. The van der Waals surface area contributed by atoms with E-state index < -0.39 is 0 Å². The standard InChI is InChI=1S/C64H128O2/c1-3-5-7-9-11-13-15-17-19-21-23-25-27-29-31-32-33-34-35-37-39-41-43-45-47-49-51-53-55-57-59-61-63-66-64(65)62-60-58-56-54-52-50-48-46-44-42-40-38-36-30-28-26-24-22-20-18-16-14-12-10-8-6-4-2/h3-63H2,1-2H3. The van der Waals surface area contributed by atoms with Crippen LogP contribution >= 0.6 is 0 Å². The van der Waals surface area contributed by atoms with Gasteiger partial charge in [0.25, 0.3) is 0 Å². The summed E-state index contributed by atoms with van der Waals surface area (Å²) in [6.07, 6.45) is 84.7. The SMILES string of the molecule is CCCCCCCCCCCCCCCCCCCCCCCCCCCCCCCCCCOC(=O)CCCCCCCCCCCCCCCCCCCCCCCCCCCCC. The van der Waals surface area contributed by atoms with E-state index in [1.165, 1.54) is 366 Å². The van der Waals surface area contributed by atoms with E-state index in [-0.39, 0.29) is 5.97 Å². The summed E-state index contributed by atoms with van der Waals surface area (Å²) in [6, 6.07) is 0. The minimum atomic E-state index is 0.0373. The van der Waals surface area contributed by atoms with Crippen molar-refractivity contribution in [1.82, 2.24) is 0 Å². The molecule has 0 aliphatic carbocycles. The smallest absolute Gasteiger partial charge is 0.305 e. The van der Waals surface area contributed by atoms with Crippen LogP contribution in [0.25, 0.3) is 0 Å². The van der Waals surface area contributed by atoms with Gasteiger partial charge in [0, 0.05) is 6.42 Å². The molecule has 0 unspecified atom stereocenters. The summed E-state index contributed by atoms with van der Waals surface area (Å²) in [5, 5.41) is 0. The second kappa shape index (κ2) is 62.5. The topological polar surface area (TPSA) is 26.3 Å². The van der Waals surface area contributed by atoms with Crippen LogP contribution in [0.1, 0.15) is 399 Å². The molecule has 0 N–H and O–H groups in total. The highest BCUT2D eigenvalue weighted by atomic mass is 16.5. The molecule has 66 heavy (non-hydrogen) atoms. The van der Waals surface area contributed by atoms with Crippen LogP contribution in [0.5, 0.6) is 0 Å². The second-order valence-corrected chi connectivity index (χ2v) is 22.1. The van der Waals surface area contributed by atoms with Crippen molar-refractivity contribution in [3.63, 3.8) is 0 Å². The lowest BCUT2D eigenvalue weighted by Gasteiger charge is -2.06. The van der Waals surface area contributed by atoms with Gasteiger partial charge in [-0.2, -0.15) is 0 Å². The summed E-state index contributed by atoms with van der Waals surface area (Å²) in [4.78, 5) is 12.1. The van der Waals surface area contributed by atoms with Gasteiger partial charge in [-0.25, -0.2) is 0 Å². The molecule has 0 aromatic carbocycles. The molecule has 2 nitrogen and oxygen atoms in total. The molecule has 2 heteroatoms. The first kappa shape index (κ1) is 65.5. The first-order valence-corrected chi connectivity index (χ1v) is 32.0. The molecule has 0 aliphatic heterocycles. The van der Waals surface area contributed by atoms with Crippen molar-refractivity contribution in [2.24, 2.45) is 0 Å². The van der Waals surface area contributed by atoms with Gasteiger partial charge < -0.3 is 4.74 Å². The molecule has 0 amide bonds. The molecule has 0 saturated carbocycles. The molecule has 0 spiro atoms. The summed E-state index contributed by atoms with van der Waals surface area (Å²) in [5.74, 6) is 0.0373. The fourth-order valence-corrected chi connectivity index (χ4v) is 10.5. The lowest BCUT2D eigenvalue weighted by molar-refractivity contribution is -0.143. The molecule has 0 aromatic heterocycles. The average Bonchev–Trinajstić information content (AvgIpc) is 3.32. The predicted molar refractivity (Wildman–Crippen MR) is 299 cm³/mol. The van der Waals surface area contributed by atoms with Crippen LogP contribution in [0.15, 0.2) is 0 Å². The highest BCUT2D eigenvalue weighted by molar-refractivity contribution is 5.69. The van der Waals surface area contributed by atoms with Crippen LogP contribution < -0.4 is 0 Å². The Kier molecular flexibility index (Phi) is 62.0. The summed E-state index contributed by atoms with van der Waals surface area (Å²) in [6.45, 7) is 5.25. The van der Waals surface area contributed by atoms with Gasteiger partial charge in [0.2, 0.25) is 0 Å². The molecular formula is C64H128O2. The summed E-state index contributed by atoms with van der Waals surface area (Å²) < 4.78 is 5.53. The van der Waals surface area contributed by atoms with Crippen LogP contribution in [0.2, 0.25) is 0 Å². The van der Waals surface area contributed by atoms with Crippen molar-refractivity contribution in [3.8, 4) is 0 Å². The van der Waals surface area contributed by atoms with Crippen LogP contribution in [-0.2, 0) is 9.53 Å². The van der Waals surface area contributed by atoms with Gasteiger partial charge in [-0.1, -0.05) is 380 Å². The first-order valence-electron chi connectivity index (χ1n) is 32.0. The van der Waals surface area contributed by atoms with Crippen molar-refractivity contribution in [2.45, 2.75) is 399 Å². The van der Waals surface area contributed by atoms with Gasteiger partial charge in [0.15, 0.2) is 0 Å². The quantitative estimate of drug-likeness (QED) is 0.0449. The third-order valence-electron chi connectivity index (χ3n) is 15.2. The minimum Gasteiger partial charge on any atom is -0.466 e. The molecule has 0 aliphatic rings. The Morgan fingerprint density at radius 1 is 0.197 bits per heavy atom. The molecular weight excluding hydrogens is 801 g/mol. The third-order valence-corrected chi connectivity index (χ3v) is 15.2. The average molecular weight is 930 g/mol. The largest absolute Gasteiger partial charge is 0.466 e. The van der Waals surface area contributed by atoms with Crippen LogP contribution in [-0.4, -0.2) is 12.6 Å². The molecule has 0 rings (SSSR count). The van der Waals surface area contributed by atoms with Crippen molar-refractivity contribution < 1.29 is 9.53 Å². The van der Waals surface area contributed by atoms with Crippen molar-refractivity contribution in [1.29, 1.82) is 0 Å². The zero-order chi connectivity index (χ0) is 47.4. The van der Waals surface area contributed by atoms with Crippen LogP contribution in [0, 0.1) is 0 Å². The molecule has 0 aromatic rings. The summed E-state index contributed by atoms with van der Waals surface area (Å²) >= 11 is 0. The van der Waals surface area contributed by atoms with E-state index in [0.717, 1.165) is 12.8 Å². The van der Waals surface area contributed by atoms with Gasteiger partial charge >= 0.3 is 5.97 Å². The Balaban J connectivity index is 3.14. The van der Waals surface area contributed by atoms with E-state index in [1.807, 2.05) is 0 Å². The lowest BCUT2D eigenvalue weighted by atomic mass is 10.0. The second-order valence-electron chi connectivity index (χ2n) is 22.1. The summed E-state index contributed by atoms with van der Waals surface area (Å²) in [5.41, 5.74) is 0. The fraction of sp³-hybridized carbons (Fsp3) is 0.984. The Morgan fingerprint density at radius 3 is 0.500 bits per heavy atom. The van der Waals surface area contributed by atoms with E-state index in [2.05, 4.69) is 13.8 Å². The van der Waals surface area contributed by atoms with E-state index >= 15 is 0 Å². The van der Waals surface area contributed by atoms with Crippen molar-refractivity contribution in [3.05, 3.63) is 0 Å². The number of carbonyl (C=O) groups is 1. The minimum absolute atomic E-state index is 0.0373. The Labute approximate surface area is 419 Å². The zero-order valence-electron chi connectivity index (χ0n) is 46.5. The normalized spacial score (nSPS) is 11.6. The highest BCUT2D eigenvalue weighted by Crippen LogP contribution is 2.19. The van der Waals surface area contributed by atoms with Gasteiger partial charge in [0.1, 0.15) is 0 Å². The van der Waals surface area contributed by atoms with Crippen LogP contribution in [0.4, 0.5) is 0 Å².